The summed E-state index contributed by atoms with van der Waals surface area (Å²) in [4.78, 5) is 0. The Morgan fingerprint density at radius 2 is 0.541 bits per heavy atom. The van der Waals surface area contributed by atoms with Crippen molar-refractivity contribution in [3.63, 3.8) is 0 Å². The van der Waals surface area contributed by atoms with Crippen LogP contribution in [0.15, 0.2) is 231 Å². The van der Waals surface area contributed by atoms with E-state index in [0.717, 1.165) is 54.2 Å². The third-order valence-electron chi connectivity index (χ3n) is 12.8. The number of aliphatic hydroxyl groups is 2. The molecule has 0 aliphatic carbocycles. The van der Waals surface area contributed by atoms with Gasteiger partial charge in [-0.05, 0) is 65.3 Å². The number of rotatable bonds is 8. The van der Waals surface area contributed by atoms with E-state index in [9.17, 15) is 10.2 Å². The first-order chi connectivity index (χ1) is 30.0. The molecule has 11 rings (SSSR count). The van der Waals surface area contributed by atoms with Crippen molar-refractivity contribution in [2.75, 3.05) is 0 Å². The van der Waals surface area contributed by atoms with E-state index in [4.69, 9.17) is 9.47 Å². The Hall–Kier alpha value is -6.92. The molecule has 4 nitrogen and oxygen atoms in total. The Bertz CT molecular complexity index is 2820. The zero-order valence-corrected chi connectivity index (χ0v) is 33.3. The Morgan fingerprint density at radius 1 is 0.295 bits per heavy atom. The molecule has 1 fully saturated rings. The number of hydrogen-bond acceptors (Lipinski definition) is 4. The van der Waals surface area contributed by atoms with Gasteiger partial charge in [0.2, 0.25) is 5.79 Å². The molecule has 294 valence electrons. The van der Waals surface area contributed by atoms with Crippen LogP contribution in [0.4, 0.5) is 0 Å². The van der Waals surface area contributed by atoms with Crippen molar-refractivity contribution in [2.45, 2.75) is 29.2 Å². The predicted octanol–water partition coefficient (Wildman–Crippen LogP) is 12.2. The van der Waals surface area contributed by atoms with Crippen LogP contribution in [-0.4, -0.2) is 22.4 Å². The third kappa shape index (κ3) is 5.76. The topological polar surface area (TPSA) is 58.9 Å². The molecule has 0 aromatic heterocycles. The van der Waals surface area contributed by atoms with Gasteiger partial charge in [-0.1, -0.05) is 231 Å². The summed E-state index contributed by atoms with van der Waals surface area (Å²) in [5, 5.41) is 36.7. The summed E-state index contributed by atoms with van der Waals surface area (Å²) in [6.07, 6.45) is -2.51. The van der Waals surface area contributed by atoms with Crippen molar-refractivity contribution in [1.29, 1.82) is 0 Å². The Kier molecular flexibility index (Phi) is 8.92. The molecular weight excluding hydrogens is 749 g/mol. The van der Waals surface area contributed by atoms with Crippen molar-refractivity contribution >= 4 is 43.1 Å². The molecule has 0 spiro atoms. The summed E-state index contributed by atoms with van der Waals surface area (Å²) < 4.78 is 15.6. The van der Waals surface area contributed by atoms with Gasteiger partial charge in [0.15, 0.2) is 0 Å². The van der Waals surface area contributed by atoms with Gasteiger partial charge in [0, 0.05) is 11.1 Å². The zero-order chi connectivity index (χ0) is 41.0. The summed E-state index contributed by atoms with van der Waals surface area (Å²) >= 11 is 0. The minimum Gasteiger partial charge on any atom is -0.377 e. The first-order valence-corrected chi connectivity index (χ1v) is 20.8. The van der Waals surface area contributed by atoms with Gasteiger partial charge in [0.25, 0.3) is 0 Å². The van der Waals surface area contributed by atoms with Gasteiger partial charge in [0.1, 0.15) is 23.4 Å². The van der Waals surface area contributed by atoms with Gasteiger partial charge >= 0.3 is 0 Å². The Labute approximate surface area is 354 Å². The van der Waals surface area contributed by atoms with Crippen LogP contribution in [0.2, 0.25) is 0 Å². The quantitative estimate of drug-likeness (QED) is 0.161. The lowest BCUT2D eigenvalue weighted by Crippen LogP contribution is -2.55. The molecule has 4 heteroatoms. The molecule has 1 saturated heterocycles. The van der Waals surface area contributed by atoms with Crippen molar-refractivity contribution in [1.82, 2.24) is 0 Å². The van der Waals surface area contributed by atoms with Crippen LogP contribution in [0.5, 0.6) is 0 Å². The first-order valence-electron chi connectivity index (χ1n) is 20.8. The molecule has 1 heterocycles. The lowest BCUT2D eigenvalue weighted by atomic mass is 9.69. The van der Waals surface area contributed by atoms with Gasteiger partial charge in [-0.15, -0.1) is 0 Å². The fourth-order valence-corrected chi connectivity index (χ4v) is 10.0. The van der Waals surface area contributed by atoms with E-state index >= 15 is 0 Å². The molecule has 0 unspecified atom stereocenters. The maximum atomic E-state index is 14.7. The van der Waals surface area contributed by atoms with Crippen LogP contribution in [0, 0.1) is 0 Å². The molecule has 0 radical (unpaired) electrons. The molecule has 61 heavy (non-hydrogen) atoms. The second kappa shape index (κ2) is 14.7. The number of fused-ring (bicyclic) bond motifs is 4. The molecule has 0 bridgehead atoms. The summed E-state index contributed by atoms with van der Waals surface area (Å²) in [7, 11) is 0. The van der Waals surface area contributed by atoms with E-state index in [1.54, 1.807) is 0 Å². The Balaban J connectivity index is 1.31. The van der Waals surface area contributed by atoms with Crippen LogP contribution in [0.1, 0.15) is 33.4 Å². The van der Waals surface area contributed by atoms with E-state index in [1.807, 2.05) is 158 Å². The molecule has 2 atom stereocenters. The summed E-state index contributed by atoms with van der Waals surface area (Å²) in [6.45, 7) is 0. The van der Waals surface area contributed by atoms with E-state index in [-0.39, 0.29) is 0 Å². The summed E-state index contributed by atoms with van der Waals surface area (Å²) in [5.74, 6) is -1.59. The van der Waals surface area contributed by atoms with E-state index in [2.05, 4.69) is 72.8 Å². The maximum absolute atomic E-state index is 14.7. The number of benzene rings is 10. The second-order valence-corrected chi connectivity index (χ2v) is 16.1. The lowest BCUT2D eigenvalue weighted by molar-refractivity contribution is -0.176. The molecular formula is C57H42O4. The average Bonchev–Trinajstić information content (AvgIpc) is 3.77. The minimum atomic E-state index is -1.94. The fourth-order valence-electron chi connectivity index (χ4n) is 10.0. The number of hydrogen-bond donors (Lipinski definition) is 2. The van der Waals surface area contributed by atoms with Crippen molar-refractivity contribution in [3.05, 3.63) is 264 Å². The lowest BCUT2D eigenvalue weighted by Gasteiger charge is -2.43. The average molecular weight is 791 g/mol. The Morgan fingerprint density at radius 3 is 0.836 bits per heavy atom. The third-order valence-corrected chi connectivity index (χ3v) is 12.8. The highest BCUT2D eigenvalue weighted by Gasteiger charge is 2.65. The maximum Gasteiger partial charge on any atom is 0.223 e. The van der Waals surface area contributed by atoms with Crippen molar-refractivity contribution in [2.24, 2.45) is 0 Å². The minimum absolute atomic E-state index is 0.635. The van der Waals surface area contributed by atoms with E-state index < -0.39 is 29.2 Å². The van der Waals surface area contributed by atoms with Crippen molar-refractivity contribution < 1.29 is 19.7 Å². The van der Waals surface area contributed by atoms with Crippen LogP contribution in [-0.2, 0) is 26.5 Å². The molecule has 10 aromatic rings. The normalized spacial score (nSPS) is 16.7. The standard InChI is InChI=1S/C57H42O4/c58-55(49-35-15-23-39-19-7-11-31-45(39)49,50-36-16-24-40-20-8-12-32-46(40)50)53-54(61-57(60-53,43-27-3-1-4-28-43)44-29-5-2-6-30-44)56(59,51-37-17-25-41-21-9-13-33-47(41)51)52-38-18-26-42-22-10-14-34-48(42)52/h1-38,53-54,58-59H/t53-,54-/m1/s1. The molecule has 2 N–H and O–H groups in total. The molecule has 0 saturated carbocycles. The number of ether oxygens (including phenoxy) is 2. The highest BCUT2D eigenvalue weighted by Crippen LogP contribution is 2.57. The van der Waals surface area contributed by atoms with Crippen LogP contribution >= 0.6 is 0 Å². The van der Waals surface area contributed by atoms with Gasteiger partial charge in [0.05, 0.1) is 0 Å². The summed E-state index contributed by atoms with van der Waals surface area (Å²) in [6, 6.07) is 76.5. The molecule has 1 aliphatic heterocycles. The van der Waals surface area contributed by atoms with E-state index in [0.29, 0.717) is 22.3 Å². The SMILES string of the molecule is OC(c1cccc2ccccc12)(c1cccc2ccccc12)[C@@H]1OC(c2ccccc2)(c2ccccc2)O[C@H]1C(O)(c1cccc2ccccc12)c1cccc2ccccc12. The summed E-state index contributed by atoms with van der Waals surface area (Å²) in [5.41, 5.74) is 0.106. The van der Waals surface area contributed by atoms with Crippen LogP contribution in [0.25, 0.3) is 43.1 Å². The highest BCUT2D eigenvalue weighted by molar-refractivity contribution is 5.93. The fraction of sp³-hybridized carbons (Fsp3) is 0.0877. The van der Waals surface area contributed by atoms with Gasteiger partial charge in [-0.2, -0.15) is 0 Å². The smallest absolute Gasteiger partial charge is 0.223 e. The second-order valence-electron chi connectivity index (χ2n) is 16.1. The van der Waals surface area contributed by atoms with Crippen LogP contribution in [0.3, 0.4) is 0 Å². The molecule has 0 amide bonds. The first kappa shape index (κ1) is 37.1. The zero-order valence-electron chi connectivity index (χ0n) is 33.3. The van der Waals surface area contributed by atoms with Gasteiger partial charge in [-0.3, -0.25) is 0 Å². The van der Waals surface area contributed by atoms with E-state index in [1.165, 1.54) is 0 Å². The van der Waals surface area contributed by atoms with Gasteiger partial charge in [-0.25, -0.2) is 0 Å². The van der Waals surface area contributed by atoms with Crippen molar-refractivity contribution in [3.8, 4) is 0 Å². The monoisotopic (exact) mass is 790 g/mol. The highest BCUT2D eigenvalue weighted by atomic mass is 16.8. The predicted molar refractivity (Wildman–Crippen MR) is 245 cm³/mol. The van der Waals surface area contributed by atoms with Gasteiger partial charge < -0.3 is 19.7 Å². The molecule has 10 aromatic carbocycles. The largest absolute Gasteiger partial charge is 0.377 e. The molecule has 1 aliphatic rings. The van der Waals surface area contributed by atoms with Crippen LogP contribution < -0.4 is 0 Å².